The number of rotatable bonds is 5. The Morgan fingerprint density at radius 1 is 0.955 bits per heavy atom. The Kier molecular flexibility index (Phi) is 4.01. The molecule has 2 aromatic rings. The quantitative estimate of drug-likeness (QED) is 0.652. The summed E-state index contributed by atoms with van der Waals surface area (Å²) < 4.78 is 0. The largest absolute Gasteiger partial charge is 0.377 e. The van der Waals surface area contributed by atoms with Gasteiger partial charge in [0, 0.05) is 23.7 Å². The zero-order valence-electron chi connectivity index (χ0n) is 11.9. The van der Waals surface area contributed by atoms with Gasteiger partial charge in [0.1, 0.15) is 0 Å². The van der Waals surface area contributed by atoms with Crippen molar-refractivity contribution >= 4 is 11.4 Å². The van der Waals surface area contributed by atoms with Crippen molar-refractivity contribution in [2.24, 2.45) is 5.92 Å². The van der Waals surface area contributed by atoms with Crippen molar-refractivity contribution in [1.29, 1.82) is 0 Å². The van der Waals surface area contributed by atoms with Crippen LogP contribution in [0.25, 0.3) is 0 Å². The summed E-state index contributed by atoms with van der Waals surface area (Å²) in [5, 5.41) is 14.2. The third kappa shape index (κ3) is 3.06. The van der Waals surface area contributed by atoms with Gasteiger partial charge in [0.25, 0.3) is 5.69 Å². The molecule has 22 heavy (non-hydrogen) atoms. The van der Waals surface area contributed by atoms with Gasteiger partial charge in [0.15, 0.2) is 0 Å². The van der Waals surface area contributed by atoms with Crippen LogP contribution < -0.4 is 5.32 Å². The molecule has 1 unspecified atom stereocenters. The number of nitrogens with zero attached hydrogens (tertiary/aromatic N) is 1. The Morgan fingerprint density at radius 2 is 1.59 bits per heavy atom. The maximum Gasteiger partial charge on any atom is 0.269 e. The second-order valence-corrected chi connectivity index (χ2v) is 5.18. The minimum atomic E-state index is -0.388. The molecule has 2 aromatic carbocycles. The minimum absolute atomic E-state index is 0.0951. The number of nitro benzene ring substituents is 1. The summed E-state index contributed by atoms with van der Waals surface area (Å²) in [4.78, 5) is 10.3. The van der Waals surface area contributed by atoms with Gasteiger partial charge in [-0.25, -0.2) is 0 Å². The molecular formula is C18H16N2O2. The summed E-state index contributed by atoms with van der Waals surface area (Å²) in [6.45, 7) is 0. The fourth-order valence-electron chi connectivity index (χ4n) is 2.59. The van der Waals surface area contributed by atoms with Gasteiger partial charge in [-0.3, -0.25) is 10.1 Å². The molecule has 3 rings (SSSR count). The van der Waals surface area contributed by atoms with Crippen molar-refractivity contribution in [3.63, 3.8) is 0 Å². The van der Waals surface area contributed by atoms with Crippen LogP contribution in [-0.2, 0) is 0 Å². The molecule has 1 aliphatic carbocycles. The first-order chi connectivity index (χ1) is 10.7. The summed E-state index contributed by atoms with van der Waals surface area (Å²) in [7, 11) is 0. The molecule has 0 heterocycles. The Hall–Kier alpha value is -2.88. The van der Waals surface area contributed by atoms with Crippen molar-refractivity contribution in [3.8, 4) is 0 Å². The molecule has 1 N–H and O–H groups in total. The lowest BCUT2D eigenvalue weighted by molar-refractivity contribution is -0.384. The Morgan fingerprint density at radius 3 is 2.18 bits per heavy atom. The molecule has 0 amide bonds. The molecule has 0 aliphatic heterocycles. The highest BCUT2D eigenvalue weighted by atomic mass is 16.6. The summed E-state index contributed by atoms with van der Waals surface area (Å²) in [6.07, 6.45) is 8.38. The molecule has 0 saturated heterocycles. The molecule has 4 heteroatoms. The van der Waals surface area contributed by atoms with Crippen LogP contribution >= 0.6 is 0 Å². The second kappa shape index (κ2) is 6.26. The summed E-state index contributed by atoms with van der Waals surface area (Å²) in [5.74, 6) is 0.262. The van der Waals surface area contributed by atoms with E-state index in [0.717, 1.165) is 5.69 Å². The van der Waals surface area contributed by atoms with E-state index in [1.165, 1.54) is 17.7 Å². The molecule has 0 aromatic heterocycles. The fraction of sp³-hybridized carbons (Fsp3) is 0.111. The van der Waals surface area contributed by atoms with E-state index < -0.39 is 0 Å². The summed E-state index contributed by atoms with van der Waals surface area (Å²) in [5.41, 5.74) is 2.15. The topological polar surface area (TPSA) is 55.2 Å². The van der Waals surface area contributed by atoms with Crippen molar-refractivity contribution < 1.29 is 4.92 Å². The molecular weight excluding hydrogens is 276 g/mol. The highest BCUT2D eigenvalue weighted by Gasteiger charge is 2.20. The molecule has 4 nitrogen and oxygen atoms in total. The van der Waals surface area contributed by atoms with Crippen LogP contribution in [0.15, 0.2) is 78.9 Å². The van der Waals surface area contributed by atoms with Crippen LogP contribution in [0, 0.1) is 16.0 Å². The SMILES string of the molecule is O=[N+]([O-])c1ccc(NC(c2ccccc2)C2C=CC=C2)cc1. The van der Waals surface area contributed by atoms with Gasteiger partial charge in [-0.15, -0.1) is 0 Å². The lowest BCUT2D eigenvalue weighted by Crippen LogP contribution is -2.17. The third-order valence-corrected chi connectivity index (χ3v) is 3.72. The number of allylic oxidation sites excluding steroid dienone is 2. The van der Waals surface area contributed by atoms with E-state index in [-0.39, 0.29) is 22.6 Å². The summed E-state index contributed by atoms with van der Waals surface area (Å²) in [6, 6.07) is 16.8. The van der Waals surface area contributed by atoms with Crippen LogP contribution in [0.3, 0.4) is 0 Å². The van der Waals surface area contributed by atoms with E-state index >= 15 is 0 Å². The predicted octanol–water partition coefficient (Wildman–Crippen LogP) is 4.49. The Bertz CT molecular complexity index is 694. The first-order valence-corrected chi connectivity index (χ1v) is 7.15. The van der Waals surface area contributed by atoms with E-state index in [1.807, 2.05) is 30.4 Å². The molecule has 0 bridgehead atoms. The molecule has 110 valence electrons. The van der Waals surface area contributed by atoms with Crippen LogP contribution in [0.4, 0.5) is 11.4 Å². The molecule has 1 aliphatic rings. The van der Waals surface area contributed by atoms with Crippen LogP contribution in [0.5, 0.6) is 0 Å². The minimum Gasteiger partial charge on any atom is -0.377 e. The molecule has 1 atom stereocenters. The third-order valence-electron chi connectivity index (χ3n) is 3.72. The lowest BCUT2D eigenvalue weighted by Gasteiger charge is -2.24. The molecule has 0 spiro atoms. The maximum atomic E-state index is 10.7. The monoisotopic (exact) mass is 292 g/mol. The number of anilines is 1. The van der Waals surface area contributed by atoms with Gasteiger partial charge < -0.3 is 5.32 Å². The van der Waals surface area contributed by atoms with E-state index in [0.29, 0.717) is 0 Å². The number of benzene rings is 2. The van der Waals surface area contributed by atoms with Gasteiger partial charge >= 0.3 is 0 Å². The number of non-ortho nitro benzene ring substituents is 1. The average molecular weight is 292 g/mol. The van der Waals surface area contributed by atoms with Crippen LogP contribution in [0.2, 0.25) is 0 Å². The van der Waals surface area contributed by atoms with Crippen molar-refractivity contribution in [2.45, 2.75) is 6.04 Å². The van der Waals surface area contributed by atoms with E-state index in [9.17, 15) is 10.1 Å². The lowest BCUT2D eigenvalue weighted by atomic mass is 9.94. The number of nitro groups is 1. The molecule has 0 fully saturated rings. The molecule has 0 saturated carbocycles. The van der Waals surface area contributed by atoms with E-state index in [1.54, 1.807) is 12.1 Å². The molecule has 0 radical (unpaired) electrons. The van der Waals surface area contributed by atoms with Gasteiger partial charge in [0.05, 0.1) is 11.0 Å². The van der Waals surface area contributed by atoms with Gasteiger partial charge in [0.2, 0.25) is 0 Å². The zero-order valence-corrected chi connectivity index (χ0v) is 11.9. The summed E-state index contributed by atoms with van der Waals surface area (Å²) >= 11 is 0. The standard InChI is InChI=1S/C18H16N2O2/c21-20(22)17-12-10-16(11-13-17)19-18(15-8-4-5-9-15)14-6-2-1-3-7-14/h1-13,15,18-19H. The average Bonchev–Trinajstić information content (AvgIpc) is 3.08. The fourth-order valence-corrected chi connectivity index (χ4v) is 2.59. The highest BCUT2D eigenvalue weighted by molar-refractivity contribution is 5.51. The number of hydrogen-bond donors (Lipinski definition) is 1. The second-order valence-electron chi connectivity index (χ2n) is 5.18. The van der Waals surface area contributed by atoms with Crippen LogP contribution in [-0.4, -0.2) is 4.92 Å². The Labute approximate surface area is 128 Å². The number of hydrogen-bond acceptors (Lipinski definition) is 3. The van der Waals surface area contributed by atoms with Crippen molar-refractivity contribution in [2.75, 3.05) is 5.32 Å². The van der Waals surface area contributed by atoms with E-state index in [4.69, 9.17) is 0 Å². The van der Waals surface area contributed by atoms with Crippen molar-refractivity contribution in [1.82, 2.24) is 0 Å². The van der Waals surface area contributed by atoms with Gasteiger partial charge in [-0.1, -0.05) is 54.6 Å². The predicted molar refractivity (Wildman–Crippen MR) is 87.7 cm³/mol. The first kappa shape index (κ1) is 14.1. The smallest absolute Gasteiger partial charge is 0.269 e. The normalized spacial score (nSPS) is 14.9. The highest BCUT2D eigenvalue weighted by Crippen LogP contribution is 2.31. The van der Waals surface area contributed by atoms with Gasteiger partial charge in [-0.2, -0.15) is 0 Å². The van der Waals surface area contributed by atoms with Crippen LogP contribution in [0.1, 0.15) is 11.6 Å². The van der Waals surface area contributed by atoms with Crippen molar-refractivity contribution in [3.05, 3.63) is 94.6 Å². The maximum absolute atomic E-state index is 10.7. The zero-order chi connectivity index (χ0) is 15.4. The Balaban J connectivity index is 1.85. The van der Waals surface area contributed by atoms with Gasteiger partial charge in [-0.05, 0) is 17.7 Å². The van der Waals surface area contributed by atoms with E-state index in [2.05, 4.69) is 29.6 Å². The first-order valence-electron chi connectivity index (χ1n) is 7.15. The number of nitrogens with one attached hydrogen (secondary N) is 1.